The van der Waals surface area contributed by atoms with Crippen LogP contribution >= 0.6 is 11.6 Å². The van der Waals surface area contributed by atoms with E-state index < -0.39 is 11.5 Å². The summed E-state index contributed by atoms with van der Waals surface area (Å²) in [4.78, 5) is 3.67. The minimum absolute atomic E-state index is 0.198. The third-order valence-corrected chi connectivity index (χ3v) is 3.01. The molecule has 19 heavy (non-hydrogen) atoms. The molecule has 0 fully saturated rings. The summed E-state index contributed by atoms with van der Waals surface area (Å²) in [5, 5.41) is 13.9. The first-order valence-corrected chi connectivity index (χ1v) is 6.20. The highest BCUT2D eigenvalue weighted by atomic mass is 35.5. The number of pyridine rings is 1. The Morgan fingerprint density at radius 2 is 2.05 bits per heavy atom. The van der Waals surface area contributed by atoms with Crippen molar-refractivity contribution in [2.24, 2.45) is 0 Å². The molecule has 2 N–H and O–H groups in total. The molecule has 3 nitrogen and oxygen atoms in total. The zero-order valence-electron chi connectivity index (χ0n) is 10.4. The number of rotatable bonds is 4. The summed E-state index contributed by atoms with van der Waals surface area (Å²) in [5.74, 6) is -0.185. The molecule has 2 aromatic rings. The van der Waals surface area contributed by atoms with Gasteiger partial charge in [-0.3, -0.25) is 0 Å². The van der Waals surface area contributed by atoms with Crippen LogP contribution < -0.4 is 5.32 Å². The summed E-state index contributed by atoms with van der Waals surface area (Å²) in [6.45, 7) is 1.86. The number of nitrogens with one attached hydrogen (secondary N) is 1. The topological polar surface area (TPSA) is 45.1 Å². The normalized spacial score (nSPS) is 13.9. The fourth-order valence-corrected chi connectivity index (χ4v) is 1.89. The molecule has 1 atom stereocenters. The first-order valence-electron chi connectivity index (χ1n) is 5.82. The van der Waals surface area contributed by atoms with Crippen LogP contribution in [0.2, 0.25) is 5.02 Å². The van der Waals surface area contributed by atoms with Crippen molar-refractivity contribution in [1.82, 2.24) is 4.98 Å². The number of hydrogen-bond acceptors (Lipinski definition) is 3. The van der Waals surface area contributed by atoms with Crippen molar-refractivity contribution in [3.8, 4) is 0 Å². The van der Waals surface area contributed by atoms with E-state index in [0.29, 0.717) is 16.4 Å². The Bertz CT molecular complexity index is 575. The van der Waals surface area contributed by atoms with Gasteiger partial charge < -0.3 is 10.4 Å². The Balaban J connectivity index is 2.09. The lowest BCUT2D eigenvalue weighted by Gasteiger charge is -2.24. The van der Waals surface area contributed by atoms with Crippen LogP contribution in [0.4, 0.5) is 10.2 Å². The minimum atomic E-state index is -1.13. The molecular weight excluding hydrogens is 267 g/mol. The van der Waals surface area contributed by atoms with Gasteiger partial charge >= 0.3 is 0 Å². The van der Waals surface area contributed by atoms with Gasteiger partial charge in [0.2, 0.25) is 5.95 Å². The van der Waals surface area contributed by atoms with Crippen molar-refractivity contribution < 1.29 is 9.50 Å². The summed E-state index contributed by atoms with van der Waals surface area (Å²) in [6.07, 6.45) is 0. The van der Waals surface area contributed by atoms with Gasteiger partial charge in [0.25, 0.3) is 0 Å². The molecule has 0 aliphatic rings. The average Bonchev–Trinajstić information content (AvgIpc) is 2.37. The summed E-state index contributed by atoms with van der Waals surface area (Å²) in [5.41, 5.74) is -0.442. The first-order chi connectivity index (χ1) is 8.97. The molecule has 100 valence electrons. The Kier molecular flexibility index (Phi) is 4.02. The molecule has 5 heteroatoms. The number of benzene rings is 1. The third-order valence-electron chi connectivity index (χ3n) is 2.78. The molecule has 0 bridgehead atoms. The van der Waals surface area contributed by atoms with Crippen LogP contribution in [-0.4, -0.2) is 16.6 Å². The van der Waals surface area contributed by atoms with Crippen LogP contribution in [0.1, 0.15) is 12.5 Å². The number of hydrogen-bond donors (Lipinski definition) is 2. The van der Waals surface area contributed by atoms with Crippen molar-refractivity contribution in [3.63, 3.8) is 0 Å². The Morgan fingerprint density at radius 3 is 2.74 bits per heavy atom. The maximum atomic E-state index is 12.9. The van der Waals surface area contributed by atoms with E-state index in [2.05, 4.69) is 10.3 Å². The summed E-state index contributed by atoms with van der Waals surface area (Å²) >= 11 is 5.90. The SMILES string of the molecule is CC(O)(CNc1cccc(F)n1)c1cccc(Cl)c1. The number of aliphatic hydroxyl groups is 1. The van der Waals surface area contributed by atoms with Gasteiger partial charge in [-0.15, -0.1) is 0 Å². The van der Waals surface area contributed by atoms with Crippen molar-refractivity contribution in [3.05, 3.63) is 59.0 Å². The van der Waals surface area contributed by atoms with E-state index in [0.717, 1.165) is 0 Å². The maximum Gasteiger partial charge on any atom is 0.214 e. The van der Waals surface area contributed by atoms with Crippen LogP contribution in [0, 0.1) is 5.95 Å². The lowest BCUT2D eigenvalue weighted by atomic mass is 9.96. The van der Waals surface area contributed by atoms with Gasteiger partial charge in [0.05, 0.1) is 0 Å². The zero-order chi connectivity index (χ0) is 13.9. The summed E-state index contributed by atoms with van der Waals surface area (Å²) in [7, 11) is 0. The second-order valence-electron chi connectivity index (χ2n) is 4.48. The molecule has 0 spiro atoms. The number of aromatic nitrogens is 1. The molecule has 0 amide bonds. The van der Waals surface area contributed by atoms with Gasteiger partial charge in [0.15, 0.2) is 0 Å². The van der Waals surface area contributed by atoms with E-state index in [1.165, 1.54) is 6.07 Å². The monoisotopic (exact) mass is 280 g/mol. The zero-order valence-corrected chi connectivity index (χ0v) is 11.2. The third kappa shape index (κ3) is 3.66. The van der Waals surface area contributed by atoms with Gasteiger partial charge in [-0.1, -0.05) is 29.8 Å². The van der Waals surface area contributed by atoms with E-state index >= 15 is 0 Å². The van der Waals surface area contributed by atoms with Gasteiger partial charge in [-0.05, 0) is 36.8 Å². The lowest BCUT2D eigenvalue weighted by molar-refractivity contribution is 0.0714. The second kappa shape index (κ2) is 5.55. The van der Waals surface area contributed by atoms with Crippen LogP contribution in [0.5, 0.6) is 0 Å². The standard InChI is InChI=1S/C14H14ClFN2O/c1-14(19,10-4-2-5-11(15)8-10)9-17-13-7-3-6-12(16)18-13/h2-8,19H,9H2,1H3,(H,17,18). The Morgan fingerprint density at radius 1 is 1.32 bits per heavy atom. The van der Waals surface area contributed by atoms with E-state index in [1.54, 1.807) is 43.3 Å². The molecule has 1 aromatic heterocycles. The predicted octanol–water partition coefficient (Wildman–Crippen LogP) is 3.19. The molecule has 0 aliphatic carbocycles. The average molecular weight is 281 g/mol. The smallest absolute Gasteiger partial charge is 0.214 e. The number of halogens is 2. The molecule has 1 unspecified atom stereocenters. The molecule has 1 heterocycles. The predicted molar refractivity (Wildman–Crippen MR) is 73.7 cm³/mol. The fraction of sp³-hybridized carbons (Fsp3) is 0.214. The van der Waals surface area contributed by atoms with Crippen molar-refractivity contribution in [2.75, 3.05) is 11.9 Å². The van der Waals surface area contributed by atoms with Gasteiger partial charge in [-0.2, -0.15) is 4.39 Å². The molecule has 0 saturated carbocycles. The molecule has 0 aliphatic heterocycles. The fourth-order valence-electron chi connectivity index (χ4n) is 1.69. The highest BCUT2D eigenvalue weighted by Crippen LogP contribution is 2.23. The van der Waals surface area contributed by atoms with Crippen LogP contribution in [0.3, 0.4) is 0 Å². The molecule has 0 radical (unpaired) electrons. The van der Waals surface area contributed by atoms with Gasteiger partial charge in [0, 0.05) is 11.6 Å². The summed E-state index contributed by atoms with van der Waals surface area (Å²) in [6, 6.07) is 11.4. The largest absolute Gasteiger partial charge is 0.384 e. The second-order valence-corrected chi connectivity index (χ2v) is 4.92. The van der Waals surface area contributed by atoms with Crippen molar-refractivity contribution in [1.29, 1.82) is 0 Å². The van der Waals surface area contributed by atoms with Crippen LogP contribution in [-0.2, 0) is 5.60 Å². The molecular formula is C14H14ClFN2O. The highest BCUT2D eigenvalue weighted by Gasteiger charge is 2.23. The van der Waals surface area contributed by atoms with E-state index in [-0.39, 0.29) is 6.54 Å². The van der Waals surface area contributed by atoms with Crippen molar-refractivity contribution in [2.45, 2.75) is 12.5 Å². The van der Waals surface area contributed by atoms with E-state index in [9.17, 15) is 9.50 Å². The lowest BCUT2D eigenvalue weighted by Crippen LogP contribution is -2.31. The molecule has 1 aromatic carbocycles. The Labute approximate surface area is 116 Å². The van der Waals surface area contributed by atoms with Crippen LogP contribution in [0.15, 0.2) is 42.5 Å². The molecule has 2 rings (SSSR count). The van der Waals surface area contributed by atoms with Gasteiger partial charge in [-0.25, -0.2) is 4.98 Å². The van der Waals surface area contributed by atoms with E-state index in [1.807, 2.05) is 0 Å². The first kappa shape index (κ1) is 13.8. The number of anilines is 1. The van der Waals surface area contributed by atoms with E-state index in [4.69, 9.17) is 11.6 Å². The maximum absolute atomic E-state index is 12.9. The highest BCUT2D eigenvalue weighted by molar-refractivity contribution is 6.30. The summed E-state index contributed by atoms with van der Waals surface area (Å²) < 4.78 is 12.9. The Hall–Kier alpha value is -1.65. The van der Waals surface area contributed by atoms with Gasteiger partial charge in [0.1, 0.15) is 11.4 Å². The minimum Gasteiger partial charge on any atom is -0.384 e. The van der Waals surface area contributed by atoms with Crippen molar-refractivity contribution >= 4 is 17.4 Å². The molecule has 0 saturated heterocycles. The quantitative estimate of drug-likeness (QED) is 0.846. The van der Waals surface area contributed by atoms with Crippen LogP contribution in [0.25, 0.3) is 0 Å². The number of nitrogens with zero attached hydrogens (tertiary/aromatic N) is 1.